The molecule has 0 atom stereocenters. The Hall–Kier alpha value is -1.61. The van der Waals surface area contributed by atoms with E-state index in [2.05, 4.69) is 34.3 Å². The fourth-order valence-corrected chi connectivity index (χ4v) is 3.14. The van der Waals surface area contributed by atoms with Crippen molar-refractivity contribution in [2.24, 2.45) is 0 Å². The van der Waals surface area contributed by atoms with Gasteiger partial charge < -0.3 is 0 Å². The minimum absolute atomic E-state index is 0.862. The zero-order valence-electron chi connectivity index (χ0n) is 12.7. The second-order valence-electron chi connectivity index (χ2n) is 6.07. The maximum absolute atomic E-state index is 4.29. The second-order valence-corrected chi connectivity index (χ2v) is 6.07. The van der Waals surface area contributed by atoms with Crippen LogP contribution >= 0.6 is 0 Å². The van der Waals surface area contributed by atoms with E-state index in [1.807, 2.05) is 23.1 Å². The summed E-state index contributed by atoms with van der Waals surface area (Å²) in [5, 5.41) is 4.29. The molecule has 1 aliphatic heterocycles. The van der Waals surface area contributed by atoms with E-state index < -0.39 is 0 Å². The van der Waals surface area contributed by atoms with Crippen molar-refractivity contribution in [1.82, 2.24) is 14.7 Å². The molecule has 2 heterocycles. The van der Waals surface area contributed by atoms with E-state index in [0.29, 0.717) is 0 Å². The van der Waals surface area contributed by atoms with Crippen LogP contribution in [-0.4, -0.2) is 27.8 Å². The first-order valence-corrected chi connectivity index (χ1v) is 8.18. The van der Waals surface area contributed by atoms with E-state index >= 15 is 0 Å². The van der Waals surface area contributed by atoms with Gasteiger partial charge in [-0.25, -0.2) is 0 Å². The SMILES string of the molecule is c1cc(CN2CCCCCCC2)cc(Cn2cccn2)c1. The molecule has 0 amide bonds. The lowest BCUT2D eigenvalue weighted by Crippen LogP contribution is -2.26. The molecule has 1 aromatic heterocycles. The Kier molecular flexibility index (Phi) is 5.06. The van der Waals surface area contributed by atoms with E-state index in [4.69, 9.17) is 0 Å². The van der Waals surface area contributed by atoms with Crippen molar-refractivity contribution in [3.63, 3.8) is 0 Å². The lowest BCUT2D eigenvalue weighted by atomic mass is 10.1. The van der Waals surface area contributed by atoms with E-state index in [1.54, 1.807) is 0 Å². The van der Waals surface area contributed by atoms with Crippen LogP contribution in [0.4, 0.5) is 0 Å². The molecule has 1 aliphatic rings. The van der Waals surface area contributed by atoms with Crippen LogP contribution in [0.1, 0.15) is 43.2 Å². The zero-order valence-corrected chi connectivity index (χ0v) is 12.7. The monoisotopic (exact) mass is 283 g/mol. The van der Waals surface area contributed by atoms with Gasteiger partial charge in [0.05, 0.1) is 6.54 Å². The summed E-state index contributed by atoms with van der Waals surface area (Å²) >= 11 is 0. The highest BCUT2D eigenvalue weighted by atomic mass is 15.3. The minimum atomic E-state index is 0.862. The smallest absolute Gasteiger partial charge is 0.0659 e. The molecule has 1 fully saturated rings. The Morgan fingerprint density at radius 2 is 1.57 bits per heavy atom. The largest absolute Gasteiger partial charge is 0.299 e. The van der Waals surface area contributed by atoms with Crippen molar-refractivity contribution in [1.29, 1.82) is 0 Å². The normalized spacial score (nSPS) is 17.3. The van der Waals surface area contributed by atoms with Gasteiger partial charge in [0.25, 0.3) is 0 Å². The molecule has 1 aromatic carbocycles. The Bertz CT molecular complexity index is 525. The standard InChI is InChI=1S/C18H25N3/c1-2-4-11-20(12-5-3-1)15-17-8-6-9-18(14-17)16-21-13-7-10-19-21/h6-10,13-14H,1-5,11-12,15-16H2. The summed E-state index contributed by atoms with van der Waals surface area (Å²) in [5.41, 5.74) is 2.77. The third-order valence-corrected chi connectivity index (χ3v) is 4.25. The highest BCUT2D eigenvalue weighted by Crippen LogP contribution is 2.14. The Labute approximate surface area is 127 Å². The highest BCUT2D eigenvalue weighted by molar-refractivity contribution is 5.23. The first-order valence-electron chi connectivity index (χ1n) is 8.18. The molecule has 3 rings (SSSR count). The molecular formula is C18H25N3. The van der Waals surface area contributed by atoms with Gasteiger partial charge >= 0.3 is 0 Å². The van der Waals surface area contributed by atoms with Gasteiger partial charge in [-0.1, -0.05) is 43.5 Å². The zero-order chi connectivity index (χ0) is 14.3. The summed E-state index contributed by atoms with van der Waals surface area (Å²) in [6.45, 7) is 4.46. The Morgan fingerprint density at radius 3 is 2.29 bits per heavy atom. The number of benzene rings is 1. The van der Waals surface area contributed by atoms with Gasteiger partial charge in [0, 0.05) is 18.9 Å². The molecule has 2 aromatic rings. The molecule has 0 bridgehead atoms. The van der Waals surface area contributed by atoms with Crippen LogP contribution in [0.25, 0.3) is 0 Å². The molecule has 3 heteroatoms. The predicted octanol–water partition coefficient (Wildman–Crippen LogP) is 3.70. The van der Waals surface area contributed by atoms with Crippen molar-refractivity contribution in [2.75, 3.05) is 13.1 Å². The molecule has 112 valence electrons. The topological polar surface area (TPSA) is 21.1 Å². The minimum Gasteiger partial charge on any atom is -0.299 e. The third kappa shape index (κ3) is 4.43. The van der Waals surface area contributed by atoms with Gasteiger partial charge in [-0.15, -0.1) is 0 Å². The van der Waals surface area contributed by atoms with Crippen LogP contribution in [-0.2, 0) is 13.1 Å². The molecule has 0 radical (unpaired) electrons. The quantitative estimate of drug-likeness (QED) is 0.853. The molecule has 3 nitrogen and oxygen atoms in total. The predicted molar refractivity (Wildman–Crippen MR) is 86.1 cm³/mol. The van der Waals surface area contributed by atoms with Crippen molar-refractivity contribution >= 4 is 0 Å². The average molecular weight is 283 g/mol. The van der Waals surface area contributed by atoms with Crippen molar-refractivity contribution in [3.05, 3.63) is 53.9 Å². The molecule has 21 heavy (non-hydrogen) atoms. The van der Waals surface area contributed by atoms with Crippen molar-refractivity contribution in [2.45, 2.75) is 45.2 Å². The molecule has 0 unspecified atom stereocenters. The van der Waals surface area contributed by atoms with E-state index in [-0.39, 0.29) is 0 Å². The van der Waals surface area contributed by atoms with Crippen LogP contribution in [0.3, 0.4) is 0 Å². The van der Waals surface area contributed by atoms with Crippen molar-refractivity contribution in [3.8, 4) is 0 Å². The van der Waals surface area contributed by atoms with Gasteiger partial charge in [0.2, 0.25) is 0 Å². The Morgan fingerprint density at radius 1 is 0.857 bits per heavy atom. The lowest BCUT2D eigenvalue weighted by molar-refractivity contribution is 0.240. The summed E-state index contributed by atoms with van der Waals surface area (Å²) in [7, 11) is 0. The molecule has 1 saturated heterocycles. The highest BCUT2D eigenvalue weighted by Gasteiger charge is 2.09. The van der Waals surface area contributed by atoms with Gasteiger partial charge in [-0.3, -0.25) is 9.58 Å². The van der Waals surface area contributed by atoms with E-state index in [9.17, 15) is 0 Å². The van der Waals surface area contributed by atoms with Crippen LogP contribution in [0.15, 0.2) is 42.7 Å². The lowest BCUT2D eigenvalue weighted by Gasteiger charge is -2.24. The first-order chi connectivity index (χ1) is 10.4. The maximum Gasteiger partial charge on any atom is 0.0659 e. The first kappa shape index (κ1) is 14.3. The fourth-order valence-electron chi connectivity index (χ4n) is 3.14. The number of hydrogen-bond acceptors (Lipinski definition) is 2. The second kappa shape index (κ2) is 7.41. The van der Waals surface area contributed by atoms with Gasteiger partial charge in [0.15, 0.2) is 0 Å². The molecule has 0 N–H and O–H groups in total. The summed E-state index contributed by atoms with van der Waals surface area (Å²) < 4.78 is 1.98. The number of likely N-dealkylation sites (tertiary alicyclic amines) is 1. The summed E-state index contributed by atoms with van der Waals surface area (Å²) in [6.07, 6.45) is 10.8. The fraction of sp³-hybridized carbons (Fsp3) is 0.500. The van der Waals surface area contributed by atoms with Crippen molar-refractivity contribution < 1.29 is 0 Å². The van der Waals surface area contributed by atoms with Crippen LogP contribution in [0, 0.1) is 0 Å². The van der Waals surface area contributed by atoms with Crippen LogP contribution in [0.2, 0.25) is 0 Å². The van der Waals surface area contributed by atoms with Gasteiger partial charge in [-0.2, -0.15) is 5.10 Å². The summed E-state index contributed by atoms with van der Waals surface area (Å²) in [4.78, 5) is 2.62. The maximum atomic E-state index is 4.29. The van der Waals surface area contributed by atoms with E-state index in [0.717, 1.165) is 13.1 Å². The Balaban J connectivity index is 1.62. The summed E-state index contributed by atoms with van der Waals surface area (Å²) in [6, 6.07) is 10.9. The molecular weight excluding hydrogens is 258 g/mol. The number of rotatable bonds is 4. The van der Waals surface area contributed by atoms with Crippen LogP contribution in [0.5, 0.6) is 0 Å². The molecule has 0 aliphatic carbocycles. The third-order valence-electron chi connectivity index (χ3n) is 4.25. The number of aromatic nitrogens is 2. The molecule has 0 saturated carbocycles. The van der Waals surface area contributed by atoms with Gasteiger partial charge in [0.1, 0.15) is 0 Å². The van der Waals surface area contributed by atoms with Gasteiger partial charge in [-0.05, 0) is 43.1 Å². The summed E-state index contributed by atoms with van der Waals surface area (Å²) in [5.74, 6) is 0. The van der Waals surface area contributed by atoms with Crippen LogP contribution < -0.4 is 0 Å². The number of nitrogens with zero attached hydrogens (tertiary/aromatic N) is 3. The average Bonchev–Trinajstić information content (AvgIpc) is 2.95. The number of hydrogen-bond donors (Lipinski definition) is 0. The van der Waals surface area contributed by atoms with E-state index in [1.165, 1.54) is 56.3 Å². The molecule has 0 spiro atoms.